The van der Waals surface area contributed by atoms with Crippen LogP contribution in [0.2, 0.25) is 0 Å². The summed E-state index contributed by atoms with van der Waals surface area (Å²) in [6.45, 7) is 3.54. The van der Waals surface area contributed by atoms with Gasteiger partial charge in [0.1, 0.15) is 5.75 Å². The number of rotatable bonds is 9. The molecule has 0 amide bonds. The minimum atomic E-state index is -0.865. The van der Waals surface area contributed by atoms with E-state index in [2.05, 4.69) is 17.2 Å². The molecule has 0 aliphatic heterocycles. The molecule has 0 aliphatic rings. The molecule has 0 spiro atoms. The number of aliphatic carboxylic acids is 1. The van der Waals surface area contributed by atoms with Crippen LogP contribution >= 0.6 is 11.3 Å². The van der Waals surface area contributed by atoms with E-state index in [1.807, 2.05) is 24.3 Å². The molecule has 0 saturated heterocycles. The van der Waals surface area contributed by atoms with E-state index in [0.29, 0.717) is 12.2 Å². The molecule has 0 unspecified atom stereocenters. The fraction of sp³-hybridized carbons (Fsp3) is 0.375. The zero-order chi connectivity index (χ0) is 15.8. The third-order valence-electron chi connectivity index (χ3n) is 3.02. The summed E-state index contributed by atoms with van der Waals surface area (Å²) in [6, 6.07) is 7.95. The normalized spacial score (nSPS) is 10.4. The smallest absolute Gasteiger partial charge is 0.309 e. The fourth-order valence-electron chi connectivity index (χ4n) is 1.84. The number of benzene rings is 1. The zero-order valence-electron chi connectivity index (χ0n) is 12.5. The Morgan fingerprint density at radius 1 is 1.36 bits per heavy atom. The Hall–Kier alpha value is -2.08. The summed E-state index contributed by atoms with van der Waals surface area (Å²) in [5.74, 6) is 0.0192. The van der Waals surface area contributed by atoms with Gasteiger partial charge in [0.05, 0.1) is 18.7 Å². The molecule has 0 radical (unpaired) electrons. The van der Waals surface area contributed by atoms with E-state index in [1.165, 1.54) is 11.3 Å². The average molecular weight is 320 g/mol. The maximum atomic E-state index is 10.6. The van der Waals surface area contributed by atoms with E-state index in [4.69, 9.17) is 9.84 Å². The van der Waals surface area contributed by atoms with Crippen molar-refractivity contribution in [1.29, 1.82) is 0 Å². The first-order valence-electron chi connectivity index (χ1n) is 7.29. The quantitative estimate of drug-likeness (QED) is 0.691. The van der Waals surface area contributed by atoms with Gasteiger partial charge in [0.25, 0.3) is 0 Å². The van der Waals surface area contributed by atoms with Gasteiger partial charge in [0, 0.05) is 11.9 Å². The van der Waals surface area contributed by atoms with Crippen molar-refractivity contribution in [3.8, 4) is 5.75 Å². The number of nitrogens with one attached hydrogen (secondary N) is 1. The lowest BCUT2D eigenvalue weighted by Gasteiger charge is -2.07. The van der Waals surface area contributed by atoms with Crippen molar-refractivity contribution in [3.05, 3.63) is 40.9 Å². The maximum Gasteiger partial charge on any atom is 0.309 e. The third-order valence-corrected chi connectivity index (χ3v) is 3.87. The second-order valence-electron chi connectivity index (χ2n) is 4.91. The van der Waals surface area contributed by atoms with Crippen LogP contribution in [0.25, 0.3) is 0 Å². The van der Waals surface area contributed by atoms with Gasteiger partial charge >= 0.3 is 5.97 Å². The molecule has 2 N–H and O–H groups in total. The average Bonchev–Trinajstić information content (AvgIpc) is 2.93. The molecule has 2 aromatic rings. The van der Waals surface area contributed by atoms with Crippen molar-refractivity contribution in [2.75, 3.05) is 11.9 Å². The second-order valence-corrected chi connectivity index (χ2v) is 5.77. The minimum absolute atomic E-state index is 0.0397. The zero-order valence-corrected chi connectivity index (χ0v) is 13.4. The Kier molecular flexibility index (Phi) is 6.21. The largest absolute Gasteiger partial charge is 0.494 e. The number of hydrogen-bond acceptors (Lipinski definition) is 5. The number of thiazole rings is 1. The Balaban J connectivity index is 1.81. The summed E-state index contributed by atoms with van der Waals surface area (Å²) >= 11 is 1.42. The second kappa shape index (κ2) is 8.38. The van der Waals surface area contributed by atoms with Crippen LogP contribution in [0.4, 0.5) is 5.13 Å². The van der Waals surface area contributed by atoms with Crippen LogP contribution in [0.3, 0.4) is 0 Å². The van der Waals surface area contributed by atoms with E-state index < -0.39 is 5.97 Å². The third kappa shape index (κ3) is 5.37. The molecular formula is C16H20N2O3S. The van der Waals surface area contributed by atoms with Crippen molar-refractivity contribution in [3.63, 3.8) is 0 Å². The molecule has 118 valence electrons. The van der Waals surface area contributed by atoms with Gasteiger partial charge < -0.3 is 15.2 Å². The molecule has 22 heavy (non-hydrogen) atoms. The first-order chi connectivity index (χ1) is 10.7. The van der Waals surface area contributed by atoms with Crippen LogP contribution in [0.5, 0.6) is 5.75 Å². The van der Waals surface area contributed by atoms with Crippen LogP contribution < -0.4 is 10.1 Å². The number of nitrogens with zero attached hydrogens (tertiary/aromatic N) is 1. The molecule has 0 atom stereocenters. The summed E-state index contributed by atoms with van der Waals surface area (Å²) in [6.07, 6.45) is 2.15. The summed E-state index contributed by atoms with van der Waals surface area (Å²) in [7, 11) is 0. The van der Waals surface area contributed by atoms with Gasteiger partial charge in [0.2, 0.25) is 0 Å². The molecule has 0 fully saturated rings. The van der Waals surface area contributed by atoms with E-state index in [1.54, 1.807) is 5.38 Å². The molecule has 5 nitrogen and oxygen atoms in total. The standard InChI is InChI=1S/C16H20N2O3S/c1-2-3-8-21-14-6-4-12(5-7-14)10-17-16-18-13(11-22-16)9-15(19)20/h4-7,11H,2-3,8-10H2,1H3,(H,17,18)(H,19,20). The monoisotopic (exact) mass is 320 g/mol. The lowest BCUT2D eigenvalue weighted by Crippen LogP contribution is -2.02. The molecule has 0 saturated carbocycles. The molecule has 1 heterocycles. The van der Waals surface area contributed by atoms with Crippen molar-refractivity contribution in [1.82, 2.24) is 4.98 Å². The van der Waals surface area contributed by atoms with Crippen LogP contribution in [0.1, 0.15) is 31.0 Å². The fourth-order valence-corrected chi connectivity index (χ4v) is 2.55. The number of ether oxygens (including phenoxy) is 1. The maximum absolute atomic E-state index is 10.6. The van der Waals surface area contributed by atoms with E-state index in [9.17, 15) is 4.79 Å². The summed E-state index contributed by atoms with van der Waals surface area (Å²) in [4.78, 5) is 14.9. The molecule has 2 rings (SSSR count). The Morgan fingerprint density at radius 3 is 2.82 bits per heavy atom. The van der Waals surface area contributed by atoms with Gasteiger partial charge in [-0.15, -0.1) is 11.3 Å². The predicted molar refractivity (Wildman–Crippen MR) is 87.6 cm³/mol. The lowest BCUT2D eigenvalue weighted by molar-refractivity contribution is -0.136. The van der Waals surface area contributed by atoms with Crippen LogP contribution in [0.15, 0.2) is 29.6 Å². The highest BCUT2D eigenvalue weighted by atomic mass is 32.1. The molecule has 1 aromatic carbocycles. The van der Waals surface area contributed by atoms with Crippen molar-refractivity contribution < 1.29 is 14.6 Å². The number of anilines is 1. The van der Waals surface area contributed by atoms with E-state index in [-0.39, 0.29) is 6.42 Å². The van der Waals surface area contributed by atoms with Gasteiger partial charge in [-0.2, -0.15) is 0 Å². The number of carbonyl (C=O) groups is 1. The number of aromatic nitrogens is 1. The van der Waals surface area contributed by atoms with E-state index >= 15 is 0 Å². The van der Waals surface area contributed by atoms with E-state index in [0.717, 1.165) is 35.9 Å². The van der Waals surface area contributed by atoms with Gasteiger partial charge in [-0.25, -0.2) is 4.98 Å². The number of unbranched alkanes of at least 4 members (excludes halogenated alkanes) is 1. The summed E-state index contributed by atoms with van der Waals surface area (Å²) in [5, 5.41) is 14.4. The minimum Gasteiger partial charge on any atom is -0.494 e. The van der Waals surface area contributed by atoms with Crippen molar-refractivity contribution >= 4 is 22.4 Å². The first kappa shape index (κ1) is 16.3. The van der Waals surface area contributed by atoms with Crippen LogP contribution in [-0.4, -0.2) is 22.7 Å². The highest BCUT2D eigenvalue weighted by molar-refractivity contribution is 7.13. The SMILES string of the molecule is CCCCOc1ccc(CNc2nc(CC(=O)O)cs2)cc1. The number of hydrogen-bond donors (Lipinski definition) is 2. The van der Waals surface area contributed by atoms with Gasteiger partial charge in [0.15, 0.2) is 5.13 Å². The summed E-state index contributed by atoms with van der Waals surface area (Å²) in [5.41, 5.74) is 1.71. The predicted octanol–water partition coefficient (Wildman–Crippen LogP) is 3.56. The Bertz CT molecular complexity index is 596. The van der Waals surface area contributed by atoms with Crippen LogP contribution in [-0.2, 0) is 17.8 Å². The topological polar surface area (TPSA) is 71.5 Å². The molecular weight excluding hydrogens is 300 g/mol. The van der Waals surface area contributed by atoms with Gasteiger partial charge in [-0.1, -0.05) is 25.5 Å². The number of carboxylic acid groups (broad SMARTS) is 1. The van der Waals surface area contributed by atoms with Crippen LogP contribution in [0, 0.1) is 0 Å². The highest BCUT2D eigenvalue weighted by Crippen LogP contribution is 2.18. The van der Waals surface area contributed by atoms with Gasteiger partial charge in [-0.05, 0) is 24.1 Å². The molecule has 1 aromatic heterocycles. The van der Waals surface area contributed by atoms with Crippen molar-refractivity contribution in [2.24, 2.45) is 0 Å². The highest BCUT2D eigenvalue weighted by Gasteiger charge is 2.06. The van der Waals surface area contributed by atoms with Crippen molar-refractivity contribution in [2.45, 2.75) is 32.7 Å². The Labute approximate surface area is 134 Å². The summed E-state index contributed by atoms with van der Waals surface area (Å²) < 4.78 is 5.62. The number of carboxylic acids is 1. The Morgan fingerprint density at radius 2 is 2.14 bits per heavy atom. The lowest BCUT2D eigenvalue weighted by atomic mass is 10.2. The first-order valence-corrected chi connectivity index (χ1v) is 8.17. The van der Waals surface area contributed by atoms with Gasteiger partial charge in [-0.3, -0.25) is 4.79 Å². The molecule has 6 heteroatoms. The molecule has 0 bridgehead atoms. The molecule has 0 aliphatic carbocycles.